The number of hydrogen-bond acceptors (Lipinski definition) is 4. The van der Waals surface area contributed by atoms with Gasteiger partial charge in [0.2, 0.25) is 10.0 Å². The van der Waals surface area contributed by atoms with Crippen LogP contribution in [0.2, 0.25) is 0 Å². The van der Waals surface area contributed by atoms with Crippen LogP contribution in [0, 0.1) is 6.92 Å². The smallest absolute Gasteiger partial charge is 0.244 e. The second-order valence-electron chi connectivity index (χ2n) is 6.92. The Bertz CT molecular complexity index is 812. The Kier molecular flexibility index (Phi) is 6.37. The largest absolute Gasteiger partial charge is 0.249 e. The van der Waals surface area contributed by atoms with Crippen LogP contribution in [0.4, 0.5) is 0 Å². The third-order valence-electron chi connectivity index (χ3n) is 4.98. The summed E-state index contributed by atoms with van der Waals surface area (Å²) < 4.78 is 27.2. The quantitative estimate of drug-likeness (QED) is 0.675. The van der Waals surface area contributed by atoms with Crippen LogP contribution in [0.25, 0.3) is 0 Å². The van der Waals surface area contributed by atoms with Gasteiger partial charge in [0.25, 0.3) is 0 Å². The molecule has 3 rings (SSSR count). The van der Waals surface area contributed by atoms with Crippen molar-refractivity contribution in [3.8, 4) is 0 Å². The van der Waals surface area contributed by atoms with Crippen LogP contribution >= 0.6 is 11.8 Å². The molecule has 1 aliphatic carbocycles. The van der Waals surface area contributed by atoms with Gasteiger partial charge in [-0.25, -0.2) is 13.4 Å². The van der Waals surface area contributed by atoms with Crippen molar-refractivity contribution < 1.29 is 8.42 Å². The molecule has 1 saturated carbocycles. The molecule has 1 aliphatic rings. The lowest BCUT2D eigenvalue weighted by atomic mass is 9.96. The van der Waals surface area contributed by atoms with Crippen molar-refractivity contribution in [2.45, 2.75) is 60.7 Å². The van der Waals surface area contributed by atoms with Gasteiger partial charge in [-0.1, -0.05) is 49.1 Å². The molecule has 0 unspecified atom stereocenters. The normalized spacial score (nSPS) is 16.1. The molecule has 4 nitrogen and oxygen atoms in total. The Labute approximate surface area is 161 Å². The van der Waals surface area contributed by atoms with Crippen molar-refractivity contribution in [1.82, 2.24) is 9.29 Å². The second-order valence-corrected chi connectivity index (χ2v) is 9.91. The summed E-state index contributed by atoms with van der Waals surface area (Å²) in [5, 5.41) is 0.838. The molecule has 26 heavy (non-hydrogen) atoms. The van der Waals surface area contributed by atoms with E-state index >= 15 is 0 Å². The summed E-state index contributed by atoms with van der Waals surface area (Å²) in [5.74, 6) is 0.821. The van der Waals surface area contributed by atoms with Crippen LogP contribution < -0.4 is 0 Å². The van der Waals surface area contributed by atoms with Gasteiger partial charge >= 0.3 is 0 Å². The van der Waals surface area contributed by atoms with Crippen molar-refractivity contribution in [1.29, 1.82) is 0 Å². The van der Waals surface area contributed by atoms with Gasteiger partial charge in [0, 0.05) is 25.0 Å². The second kappa shape index (κ2) is 8.55. The number of aryl methyl sites for hydroxylation is 1. The van der Waals surface area contributed by atoms with Crippen LogP contribution in [-0.2, 0) is 15.8 Å². The van der Waals surface area contributed by atoms with Crippen molar-refractivity contribution in [2.24, 2.45) is 0 Å². The number of pyridine rings is 1. The van der Waals surface area contributed by atoms with E-state index in [2.05, 4.69) is 36.2 Å². The Morgan fingerprint density at radius 1 is 1.08 bits per heavy atom. The van der Waals surface area contributed by atoms with Crippen LogP contribution in [-0.4, -0.2) is 30.8 Å². The summed E-state index contributed by atoms with van der Waals surface area (Å²) in [6.45, 7) is 2.07. The number of rotatable bonds is 6. The van der Waals surface area contributed by atoms with E-state index in [1.165, 1.54) is 23.7 Å². The standard InChI is InChI=1S/C20H26N2O2S2/c1-16-8-10-17(11-9-16)15-25-20-13-12-19(14-21-20)26(23,24)22(2)18-6-4-3-5-7-18/h8-14,18H,3-7,15H2,1-2H3. The van der Waals surface area contributed by atoms with Crippen LogP contribution in [0.3, 0.4) is 0 Å². The molecule has 140 valence electrons. The maximum atomic E-state index is 12.8. The summed E-state index contributed by atoms with van der Waals surface area (Å²) in [6.07, 6.45) is 6.82. The SMILES string of the molecule is Cc1ccc(CSc2ccc(S(=O)(=O)N(C)C3CCCCC3)cn2)cc1. The Balaban J connectivity index is 1.65. The summed E-state index contributed by atoms with van der Waals surface area (Å²) in [5.41, 5.74) is 2.48. The molecular weight excluding hydrogens is 364 g/mol. The highest BCUT2D eigenvalue weighted by Gasteiger charge is 2.29. The fourth-order valence-corrected chi connectivity index (χ4v) is 5.41. The van der Waals surface area contributed by atoms with Crippen molar-refractivity contribution in [3.63, 3.8) is 0 Å². The molecular formula is C20H26N2O2S2. The van der Waals surface area contributed by atoms with Gasteiger partial charge in [-0.15, -0.1) is 11.8 Å². The molecule has 2 aromatic rings. The van der Waals surface area contributed by atoms with Crippen LogP contribution in [0.1, 0.15) is 43.2 Å². The average Bonchev–Trinajstić information content (AvgIpc) is 2.68. The summed E-state index contributed by atoms with van der Waals surface area (Å²) in [4.78, 5) is 4.64. The fraction of sp³-hybridized carbons (Fsp3) is 0.450. The number of sulfonamides is 1. The Hall–Kier alpha value is -1.37. The van der Waals surface area contributed by atoms with Gasteiger partial charge < -0.3 is 0 Å². The molecule has 0 atom stereocenters. The molecule has 0 amide bonds. The number of aromatic nitrogens is 1. The first-order valence-corrected chi connectivity index (χ1v) is 11.5. The van der Waals surface area contributed by atoms with E-state index in [4.69, 9.17) is 0 Å². The Morgan fingerprint density at radius 2 is 1.77 bits per heavy atom. The molecule has 1 aromatic carbocycles. The zero-order chi connectivity index (χ0) is 18.6. The predicted molar refractivity (Wildman–Crippen MR) is 107 cm³/mol. The van der Waals surface area contributed by atoms with Gasteiger partial charge in [0.05, 0.1) is 5.03 Å². The molecule has 0 N–H and O–H groups in total. The monoisotopic (exact) mass is 390 g/mol. The van der Waals surface area contributed by atoms with E-state index in [0.717, 1.165) is 36.5 Å². The Morgan fingerprint density at radius 3 is 2.38 bits per heavy atom. The molecule has 6 heteroatoms. The molecule has 0 spiro atoms. The van der Waals surface area contributed by atoms with E-state index in [1.54, 1.807) is 35.2 Å². The summed E-state index contributed by atoms with van der Waals surface area (Å²) >= 11 is 1.62. The molecule has 0 bridgehead atoms. The minimum atomic E-state index is -3.47. The molecule has 0 aliphatic heterocycles. The fourth-order valence-electron chi connectivity index (χ4n) is 3.25. The summed E-state index contributed by atoms with van der Waals surface area (Å²) in [7, 11) is -1.77. The first-order valence-electron chi connectivity index (χ1n) is 9.09. The highest BCUT2D eigenvalue weighted by atomic mass is 32.2. The van der Waals surface area contributed by atoms with E-state index in [1.807, 2.05) is 0 Å². The number of thioether (sulfide) groups is 1. The van der Waals surface area contributed by atoms with E-state index in [9.17, 15) is 8.42 Å². The minimum Gasteiger partial charge on any atom is -0.249 e. The lowest BCUT2D eigenvalue weighted by Gasteiger charge is -2.30. The highest BCUT2D eigenvalue weighted by molar-refractivity contribution is 7.98. The first-order chi connectivity index (χ1) is 12.5. The zero-order valence-corrected chi connectivity index (χ0v) is 17.0. The van der Waals surface area contributed by atoms with Crippen molar-refractivity contribution >= 4 is 21.8 Å². The highest BCUT2D eigenvalue weighted by Crippen LogP contribution is 2.27. The van der Waals surface area contributed by atoms with Crippen LogP contribution in [0.5, 0.6) is 0 Å². The van der Waals surface area contributed by atoms with Gasteiger partial charge in [-0.05, 0) is 37.5 Å². The molecule has 0 radical (unpaired) electrons. The van der Waals surface area contributed by atoms with Gasteiger partial charge in [-0.2, -0.15) is 4.31 Å². The minimum absolute atomic E-state index is 0.115. The molecule has 1 fully saturated rings. The molecule has 1 aromatic heterocycles. The third-order valence-corrected chi connectivity index (χ3v) is 7.89. The first kappa shape index (κ1) is 19.4. The van der Waals surface area contributed by atoms with Crippen molar-refractivity contribution in [2.75, 3.05) is 7.05 Å². The maximum absolute atomic E-state index is 12.8. The van der Waals surface area contributed by atoms with E-state index in [0.29, 0.717) is 0 Å². The topological polar surface area (TPSA) is 50.3 Å². The van der Waals surface area contributed by atoms with E-state index in [-0.39, 0.29) is 10.9 Å². The van der Waals surface area contributed by atoms with Crippen molar-refractivity contribution in [3.05, 3.63) is 53.7 Å². The maximum Gasteiger partial charge on any atom is 0.244 e. The zero-order valence-electron chi connectivity index (χ0n) is 15.4. The summed E-state index contributed by atoms with van der Waals surface area (Å²) in [6, 6.07) is 12.0. The number of hydrogen-bond donors (Lipinski definition) is 0. The van der Waals surface area contributed by atoms with Crippen LogP contribution in [0.15, 0.2) is 52.5 Å². The predicted octanol–water partition coefficient (Wildman–Crippen LogP) is 4.64. The lowest BCUT2D eigenvalue weighted by molar-refractivity contribution is 0.285. The third kappa shape index (κ3) is 4.67. The molecule has 0 saturated heterocycles. The average molecular weight is 391 g/mol. The van der Waals surface area contributed by atoms with Gasteiger partial charge in [0.1, 0.15) is 4.90 Å². The van der Waals surface area contributed by atoms with Gasteiger partial charge in [-0.3, -0.25) is 0 Å². The molecule has 1 heterocycles. The van der Waals surface area contributed by atoms with E-state index < -0.39 is 10.0 Å². The van der Waals surface area contributed by atoms with Gasteiger partial charge in [0.15, 0.2) is 0 Å². The number of nitrogens with zero attached hydrogens (tertiary/aromatic N) is 2. The number of benzene rings is 1. The lowest BCUT2D eigenvalue weighted by Crippen LogP contribution is -2.38.